The second-order valence-corrected chi connectivity index (χ2v) is 2.84. The van der Waals surface area contributed by atoms with Gasteiger partial charge >= 0.3 is 5.76 Å². The van der Waals surface area contributed by atoms with Crippen LogP contribution in [0.15, 0.2) is 27.4 Å². The van der Waals surface area contributed by atoms with Gasteiger partial charge < -0.3 is 14.5 Å². The molecule has 5 heteroatoms. The van der Waals surface area contributed by atoms with Crippen LogP contribution in [0, 0.1) is 0 Å². The Morgan fingerprint density at radius 1 is 1.57 bits per heavy atom. The van der Waals surface area contributed by atoms with Crippen LogP contribution in [0.1, 0.15) is 0 Å². The van der Waals surface area contributed by atoms with Gasteiger partial charge in [0.15, 0.2) is 5.58 Å². The molecule has 0 unspecified atom stereocenters. The van der Waals surface area contributed by atoms with Gasteiger partial charge in [-0.25, -0.2) is 4.79 Å². The maximum Gasteiger partial charge on any atom is 0.417 e. The third-order valence-corrected chi connectivity index (χ3v) is 1.84. The van der Waals surface area contributed by atoms with Crippen LogP contribution in [0.4, 0.5) is 5.69 Å². The predicted octanol–water partition coefficient (Wildman–Crippen LogP) is 1.14. The predicted molar refractivity (Wildman–Crippen MR) is 52.3 cm³/mol. The number of H-pyrrole nitrogens is 1. The summed E-state index contributed by atoms with van der Waals surface area (Å²) in [6, 6.07) is 5.34. The number of hydrogen-bond donors (Lipinski definition) is 2. The lowest BCUT2D eigenvalue weighted by molar-refractivity contribution is 0.221. The zero-order valence-corrected chi connectivity index (χ0v) is 7.66. The molecule has 2 aromatic rings. The van der Waals surface area contributed by atoms with Gasteiger partial charge in [-0.05, 0) is 18.2 Å². The van der Waals surface area contributed by atoms with Gasteiger partial charge in [0.2, 0.25) is 0 Å². The van der Waals surface area contributed by atoms with E-state index in [1.807, 2.05) is 6.07 Å². The van der Waals surface area contributed by atoms with Crippen molar-refractivity contribution >= 4 is 16.8 Å². The Morgan fingerprint density at radius 3 is 3.21 bits per heavy atom. The quantitative estimate of drug-likeness (QED) is 0.719. The SMILES string of the molecule is COCNc1ccc2oc(=O)[nH]c2c1. The maximum atomic E-state index is 10.8. The van der Waals surface area contributed by atoms with Crippen LogP contribution in [0.2, 0.25) is 0 Å². The van der Waals surface area contributed by atoms with E-state index in [1.54, 1.807) is 19.2 Å². The van der Waals surface area contributed by atoms with E-state index in [0.29, 0.717) is 17.8 Å². The molecule has 1 heterocycles. The largest absolute Gasteiger partial charge is 0.417 e. The van der Waals surface area contributed by atoms with Gasteiger partial charge in [0.1, 0.15) is 6.73 Å². The van der Waals surface area contributed by atoms with Crippen LogP contribution in [0.5, 0.6) is 0 Å². The Kier molecular flexibility index (Phi) is 2.24. The molecular formula is C9H10N2O3. The molecule has 0 atom stereocenters. The van der Waals surface area contributed by atoms with Crippen LogP contribution in [0.25, 0.3) is 11.1 Å². The summed E-state index contributed by atoms with van der Waals surface area (Å²) in [7, 11) is 1.60. The molecule has 0 radical (unpaired) electrons. The minimum atomic E-state index is -0.441. The van der Waals surface area contributed by atoms with Crippen molar-refractivity contribution < 1.29 is 9.15 Å². The monoisotopic (exact) mass is 194 g/mol. The van der Waals surface area contributed by atoms with E-state index < -0.39 is 5.76 Å². The molecule has 0 fully saturated rings. The topological polar surface area (TPSA) is 67.3 Å². The smallest absolute Gasteiger partial charge is 0.408 e. The summed E-state index contributed by atoms with van der Waals surface area (Å²) in [6.45, 7) is 0.424. The van der Waals surface area contributed by atoms with Crippen molar-refractivity contribution in [1.82, 2.24) is 4.98 Å². The summed E-state index contributed by atoms with van der Waals surface area (Å²) >= 11 is 0. The molecular weight excluding hydrogens is 184 g/mol. The average Bonchev–Trinajstić information content (AvgIpc) is 2.54. The lowest BCUT2D eigenvalue weighted by Gasteiger charge is -2.03. The van der Waals surface area contributed by atoms with E-state index in [1.165, 1.54) is 0 Å². The van der Waals surface area contributed by atoms with Crippen molar-refractivity contribution in [3.63, 3.8) is 0 Å². The molecule has 0 bridgehead atoms. The fraction of sp³-hybridized carbons (Fsp3) is 0.222. The van der Waals surface area contributed by atoms with Gasteiger partial charge in [-0.3, -0.25) is 4.98 Å². The lowest BCUT2D eigenvalue weighted by Crippen LogP contribution is -2.02. The fourth-order valence-corrected chi connectivity index (χ4v) is 1.22. The first-order valence-electron chi connectivity index (χ1n) is 4.15. The molecule has 74 valence electrons. The van der Waals surface area contributed by atoms with E-state index in [-0.39, 0.29) is 0 Å². The molecule has 1 aromatic carbocycles. The zero-order valence-electron chi connectivity index (χ0n) is 7.66. The van der Waals surface area contributed by atoms with Crippen molar-refractivity contribution in [2.75, 3.05) is 19.2 Å². The van der Waals surface area contributed by atoms with Crippen molar-refractivity contribution in [1.29, 1.82) is 0 Å². The third kappa shape index (κ3) is 1.62. The van der Waals surface area contributed by atoms with Gasteiger partial charge in [-0.15, -0.1) is 0 Å². The summed E-state index contributed by atoms with van der Waals surface area (Å²) in [5, 5.41) is 3.01. The first kappa shape index (κ1) is 8.83. The van der Waals surface area contributed by atoms with Crippen molar-refractivity contribution in [2.24, 2.45) is 0 Å². The molecule has 5 nitrogen and oxygen atoms in total. The van der Waals surface area contributed by atoms with Crippen molar-refractivity contribution in [3.05, 3.63) is 28.7 Å². The molecule has 2 N–H and O–H groups in total. The minimum Gasteiger partial charge on any atom is -0.408 e. The Balaban J connectivity index is 2.35. The molecule has 0 aliphatic carbocycles. The highest BCUT2D eigenvalue weighted by Gasteiger charge is 2.00. The van der Waals surface area contributed by atoms with Crippen molar-refractivity contribution in [2.45, 2.75) is 0 Å². The van der Waals surface area contributed by atoms with Crippen LogP contribution in [0.3, 0.4) is 0 Å². The van der Waals surface area contributed by atoms with Crippen LogP contribution >= 0.6 is 0 Å². The number of aromatic nitrogens is 1. The third-order valence-electron chi connectivity index (χ3n) is 1.84. The first-order valence-corrected chi connectivity index (χ1v) is 4.15. The molecule has 0 aliphatic rings. The highest BCUT2D eigenvalue weighted by atomic mass is 16.5. The van der Waals surface area contributed by atoms with Gasteiger partial charge in [0.25, 0.3) is 0 Å². The normalized spacial score (nSPS) is 10.6. The number of anilines is 1. The number of hydrogen-bond acceptors (Lipinski definition) is 4. The van der Waals surface area contributed by atoms with E-state index in [2.05, 4.69) is 10.3 Å². The fourth-order valence-electron chi connectivity index (χ4n) is 1.22. The molecule has 2 rings (SSSR count). The Labute approximate surface area is 79.7 Å². The Bertz CT molecular complexity index is 486. The average molecular weight is 194 g/mol. The molecule has 0 saturated heterocycles. The Morgan fingerprint density at radius 2 is 2.43 bits per heavy atom. The van der Waals surface area contributed by atoms with E-state index >= 15 is 0 Å². The second kappa shape index (κ2) is 3.55. The highest BCUT2D eigenvalue weighted by Crippen LogP contribution is 2.15. The Hall–Kier alpha value is -1.75. The van der Waals surface area contributed by atoms with E-state index in [9.17, 15) is 4.79 Å². The molecule has 0 spiro atoms. The number of nitrogens with one attached hydrogen (secondary N) is 2. The molecule has 0 aliphatic heterocycles. The van der Waals surface area contributed by atoms with E-state index in [0.717, 1.165) is 5.69 Å². The first-order chi connectivity index (χ1) is 6.79. The van der Waals surface area contributed by atoms with Gasteiger partial charge in [-0.2, -0.15) is 0 Å². The van der Waals surface area contributed by atoms with E-state index in [4.69, 9.17) is 9.15 Å². The zero-order chi connectivity index (χ0) is 9.97. The standard InChI is InChI=1S/C9H10N2O3/c1-13-5-10-6-2-3-8-7(4-6)11-9(12)14-8/h2-4,10H,5H2,1H3,(H,11,12). The van der Waals surface area contributed by atoms with Crippen LogP contribution in [-0.4, -0.2) is 18.8 Å². The summed E-state index contributed by atoms with van der Waals surface area (Å²) < 4.78 is 9.71. The number of methoxy groups -OCH3 is 1. The van der Waals surface area contributed by atoms with Crippen molar-refractivity contribution in [3.8, 4) is 0 Å². The number of aromatic amines is 1. The minimum absolute atomic E-state index is 0.424. The van der Waals surface area contributed by atoms with Crippen LogP contribution < -0.4 is 11.1 Å². The number of fused-ring (bicyclic) bond motifs is 1. The summed E-state index contributed by atoms with van der Waals surface area (Å²) in [4.78, 5) is 13.4. The second-order valence-electron chi connectivity index (χ2n) is 2.84. The van der Waals surface area contributed by atoms with Gasteiger partial charge in [-0.1, -0.05) is 0 Å². The summed E-state index contributed by atoms with van der Waals surface area (Å²) in [5.41, 5.74) is 2.10. The molecule has 1 aromatic heterocycles. The molecule has 14 heavy (non-hydrogen) atoms. The number of ether oxygens (including phenoxy) is 1. The highest BCUT2D eigenvalue weighted by molar-refractivity contribution is 5.76. The molecule has 0 saturated carbocycles. The van der Waals surface area contributed by atoms with Crippen LogP contribution in [-0.2, 0) is 4.74 Å². The molecule has 0 amide bonds. The van der Waals surface area contributed by atoms with Gasteiger partial charge in [0, 0.05) is 12.8 Å². The summed E-state index contributed by atoms with van der Waals surface area (Å²) in [6.07, 6.45) is 0. The summed E-state index contributed by atoms with van der Waals surface area (Å²) in [5.74, 6) is -0.441. The number of rotatable bonds is 3. The number of oxazole rings is 1. The van der Waals surface area contributed by atoms with Gasteiger partial charge in [0.05, 0.1) is 5.52 Å². The lowest BCUT2D eigenvalue weighted by atomic mass is 10.3. The number of benzene rings is 1. The maximum absolute atomic E-state index is 10.8.